The lowest BCUT2D eigenvalue weighted by Crippen LogP contribution is -2.37. The van der Waals surface area contributed by atoms with Crippen LogP contribution in [0.5, 0.6) is 0 Å². The van der Waals surface area contributed by atoms with E-state index in [0.29, 0.717) is 30.7 Å². The van der Waals surface area contributed by atoms with Gasteiger partial charge in [0.25, 0.3) is 5.89 Å². The van der Waals surface area contributed by atoms with Crippen molar-refractivity contribution in [2.75, 3.05) is 31.2 Å². The van der Waals surface area contributed by atoms with Crippen molar-refractivity contribution in [1.29, 1.82) is 0 Å². The number of ether oxygens (including phenoxy) is 1. The molecule has 0 bridgehead atoms. The molecule has 0 atom stereocenters. The van der Waals surface area contributed by atoms with Crippen LogP contribution in [0.2, 0.25) is 0 Å². The van der Waals surface area contributed by atoms with Gasteiger partial charge in [0.15, 0.2) is 5.16 Å². The van der Waals surface area contributed by atoms with Crippen molar-refractivity contribution < 1.29 is 13.6 Å². The van der Waals surface area contributed by atoms with Gasteiger partial charge in [-0.25, -0.2) is 0 Å². The average molecular weight is 439 g/mol. The summed E-state index contributed by atoms with van der Waals surface area (Å²) in [6.45, 7) is 6.71. The molecule has 0 amide bonds. The smallest absolute Gasteiger partial charge is 0.251 e. The molecule has 9 nitrogen and oxygen atoms in total. The lowest BCUT2D eigenvalue weighted by molar-refractivity contribution is 0.122. The predicted octanol–water partition coefficient (Wildman–Crippen LogP) is 3.66. The third-order valence-corrected chi connectivity index (χ3v) is 5.90. The SMILES string of the molecule is Cc1cc(-c2nnc(CSc3nnc(N4CCOCC4)n3-c3ccccc3)o2)c(C)o1. The molecule has 0 spiro atoms. The zero-order chi connectivity index (χ0) is 21.2. The first-order valence-corrected chi connectivity index (χ1v) is 11.0. The average Bonchev–Trinajstić information content (AvgIpc) is 3.51. The molecule has 4 aromatic rings. The Morgan fingerprint density at radius 3 is 2.52 bits per heavy atom. The van der Waals surface area contributed by atoms with Gasteiger partial charge in [0.1, 0.15) is 11.5 Å². The summed E-state index contributed by atoms with van der Waals surface area (Å²) in [5.41, 5.74) is 1.83. The van der Waals surface area contributed by atoms with E-state index in [1.54, 1.807) is 0 Å². The molecular weight excluding hydrogens is 416 g/mol. The van der Waals surface area contributed by atoms with E-state index in [1.807, 2.05) is 50.2 Å². The molecule has 0 aliphatic carbocycles. The second kappa shape index (κ2) is 8.56. The number of furan rings is 1. The molecule has 31 heavy (non-hydrogen) atoms. The Labute approximate surface area is 183 Å². The van der Waals surface area contributed by atoms with Crippen molar-refractivity contribution in [3.63, 3.8) is 0 Å². The Morgan fingerprint density at radius 1 is 0.968 bits per heavy atom. The van der Waals surface area contributed by atoms with Crippen molar-refractivity contribution in [2.24, 2.45) is 0 Å². The zero-order valence-corrected chi connectivity index (χ0v) is 18.1. The normalized spacial score (nSPS) is 14.3. The molecule has 1 saturated heterocycles. The van der Waals surface area contributed by atoms with E-state index in [2.05, 4.69) is 29.9 Å². The predicted molar refractivity (Wildman–Crippen MR) is 115 cm³/mol. The van der Waals surface area contributed by atoms with Crippen LogP contribution in [-0.4, -0.2) is 51.3 Å². The number of nitrogens with zero attached hydrogens (tertiary/aromatic N) is 6. The quantitative estimate of drug-likeness (QED) is 0.418. The molecule has 1 aliphatic heterocycles. The van der Waals surface area contributed by atoms with Gasteiger partial charge in [0, 0.05) is 13.1 Å². The van der Waals surface area contributed by atoms with Gasteiger partial charge >= 0.3 is 0 Å². The minimum Gasteiger partial charge on any atom is -0.466 e. The molecular formula is C21H22N6O3S. The Morgan fingerprint density at radius 2 is 1.77 bits per heavy atom. The molecule has 0 N–H and O–H groups in total. The highest BCUT2D eigenvalue weighted by atomic mass is 32.2. The number of anilines is 1. The largest absolute Gasteiger partial charge is 0.466 e. The van der Waals surface area contributed by atoms with Crippen LogP contribution in [0.4, 0.5) is 5.95 Å². The molecule has 5 rings (SSSR count). The third-order valence-electron chi connectivity index (χ3n) is 4.99. The van der Waals surface area contributed by atoms with Crippen LogP contribution in [0, 0.1) is 13.8 Å². The number of aryl methyl sites for hydroxylation is 2. The van der Waals surface area contributed by atoms with Crippen molar-refractivity contribution in [3.05, 3.63) is 53.8 Å². The molecule has 3 aromatic heterocycles. The maximum absolute atomic E-state index is 5.87. The van der Waals surface area contributed by atoms with E-state index < -0.39 is 0 Å². The minimum atomic E-state index is 0.462. The summed E-state index contributed by atoms with van der Waals surface area (Å²) >= 11 is 1.51. The summed E-state index contributed by atoms with van der Waals surface area (Å²) in [4.78, 5) is 2.20. The Balaban J connectivity index is 1.39. The van der Waals surface area contributed by atoms with E-state index in [4.69, 9.17) is 13.6 Å². The summed E-state index contributed by atoms with van der Waals surface area (Å²) in [5, 5.41) is 18.1. The number of hydrogen-bond acceptors (Lipinski definition) is 9. The first-order valence-electron chi connectivity index (χ1n) is 10.0. The van der Waals surface area contributed by atoms with Crippen LogP contribution in [0.3, 0.4) is 0 Å². The van der Waals surface area contributed by atoms with Gasteiger partial charge in [-0.1, -0.05) is 30.0 Å². The van der Waals surface area contributed by atoms with Gasteiger partial charge in [0.2, 0.25) is 11.8 Å². The topological polar surface area (TPSA) is 95.2 Å². The highest BCUT2D eigenvalue weighted by Crippen LogP contribution is 2.30. The lowest BCUT2D eigenvalue weighted by atomic mass is 10.2. The van der Waals surface area contributed by atoms with Gasteiger partial charge in [0.05, 0.1) is 30.2 Å². The first kappa shape index (κ1) is 19.8. The van der Waals surface area contributed by atoms with Crippen LogP contribution in [-0.2, 0) is 10.5 Å². The van der Waals surface area contributed by atoms with E-state index in [9.17, 15) is 0 Å². The molecule has 1 fully saturated rings. The summed E-state index contributed by atoms with van der Waals surface area (Å²) in [5.74, 6) is 3.86. The van der Waals surface area contributed by atoms with Crippen LogP contribution < -0.4 is 4.90 Å². The van der Waals surface area contributed by atoms with Gasteiger partial charge in [-0.15, -0.1) is 20.4 Å². The summed E-state index contributed by atoms with van der Waals surface area (Å²) < 4.78 is 19.0. The number of thioether (sulfide) groups is 1. The number of morpholine rings is 1. The summed E-state index contributed by atoms with van der Waals surface area (Å²) in [6.07, 6.45) is 0. The molecule has 0 saturated carbocycles. The first-order chi connectivity index (χ1) is 15.2. The number of aromatic nitrogens is 5. The molecule has 1 aromatic carbocycles. The Kier molecular flexibility index (Phi) is 5.47. The number of benzene rings is 1. The second-order valence-electron chi connectivity index (χ2n) is 7.17. The fourth-order valence-corrected chi connectivity index (χ4v) is 4.30. The fourth-order valence-electron chi connectivity index (χ4n) is 3.52. The minimum absolute atomic E-state index is 0.462. The highest BCUT2D eigenvalue weighted by molar-refractivity contribution is 7.98. The molecule has 10 heteroatoms. The molecule has 4 heterocycles. The van der Waals surface area contributed by atoms with E-state index >= 15 is 0 Å². The van der Waals surface area contributed by atoms with Crippen LogP contribution in [0.1, 0.15) is 17.4 Å². The second-order valence-corrected chi connectivity index (χ2v) is 8.11. The van der Waals surface area contributed by atoms with Crippen molar-refractivity contribution in [3.8, 4) is 17.1 Å². The third kappa shape index (κ3) is 4.08. The molecule has 160 valence electrons. The van der Waals surface area contributed by atoms with Gasteiger partial charge in [-0.2, -0.15) is 0 Å². The van der Waals surface area contributed by atoms with Gasteiger partial charge in [-0.05, 0) is 32.0 Å². The van der Waals surface area contributed by atoms with Crippen LogP contribution in [0.25, 0.3) is 17.1 Å². The highest BCUT2D eigenvalue weighted by Gasteiger charge is 2.22. The Bertz CT molecular complexity index is 1160. The van der Waals surface area contributed by atoms with Gasteiger partial charge in [-0.3, -0.25) is 4.57 Å². The van der Waals surface area contributed by atoms with Crippen LogP contribution >= 0.6 is 11.8 Å². The lowest BCUT2D eigenvalue weighted by Gasteiger charge is -2.27. The maximum atomic E-state index is 5.87. The van der Waals surface area contributed by atoms with Crippen molar-refractivity contribution in [2.45, 2.75) is 24.8 Å². The number of hydrogen-bond donors (Lipinski definition) is 0. The molecule has 0 radical (unpaired) electrons. The molecule has 1 aliphatic rings. The van der Waals surface area contributed by atoms with E-state index in [0.717, 1.165) is 47.0 Å². The van der Waals surface area contributed by atoms with Crippen molar-refractivity contribution in [1.82, 2.24) is 25.0 Å². The van der Waals surface area contributed by atoms with Gasteiger partial charge < -0.3 is 18.5 Å². The summed E-state index contributed by atoms with van der Waals surface area (Å²) in [7, 11) is 0. The summed E-state index contributed by atoms with van der Waals surface area (Å²) in [6, 6.07) is 12.0. The standard InChI is InChI=1S/C21H22N6O3S/c1-14-12-17(15(2)29-14)19-23-22-18(30-19)13-31-21-25-24-20(26-8-10-28-11-9-26)27(21)16-6-4-3-5-7-16/h3-7,12H,8-11,13H2,1-2H3. The fraction of sp³-hybridized carbons (Fsp3) is 0.333. The monoisotopic (exact) mass is 438 g/mol. The van der Waals surface area contributed by atoms with Crippen LogP contribution in [0.15, 0.2) is 50.4 Å². The molecule has 0 unspecified atom stereocenters. The van der Waals surface area contributed by atoms with E-state index in [-0.39, 0.29) is 0 Å². The zero-order valence-electron chi connectivity index (χ0n) is 17.3. The van der Waals surface area contributed by atoms with E-state index in [1.165, 1.54) is 11.8 Å². The number of para-hydroxylation sites is 1. The number of rotatable bonds is 6. The van der Waals surface area contributed by atoms with Crippen molar-refractivity contribution >= 4 is 17.7 Å². The Hall–Kier alpha value is -3.11. The maximum Gasteiger partial charge on any atom is 0.251 e.